The standard InChI is InChI=1S/C15H16ClNO3S/c1-9-4-5-13(16)14(6-9)19-15(18)8-21-7-12-10(2)17-20-11(12)3/h4-6H,7-8H2,1-3H3. The molecule has 0 unspecified atom stereocenters. The lowest BCUT2D eigenvalue weighted by Gasteiger charge is -2.07. The molecule has 1 aromatic carbocycles. The average molecular weight is 326 g/mol. The molecule has 1 heterocycles. The fourth-order valence-electron chi connectivity index (χ4n) is 1.79. The van der Waals surface area contributed by atoms with E-state index in [2.05, 4.69) is 5.16 Å². The molecule has 0 radical (unpaired) electrons. The highest BCUT2D eigenvalue weighted by Gasteiger charge is 2.12. The summed E-state index contributed by atoms with van der Waals surface area (Å²) in [5.74, 6) is 1.78. The van der Waals surface area contributed by atoms with Crippen LogP contribution in [0.5, 0.6) is 5.75 Å². The third kappa shape index (κ3) is 4.25. The number of ether oxygens (including phenoxy) is 1. The summed E-state index contributed by atoms with van der Waals surface area (Å²) >= 11 is 7.45. The summed E-state index contributed by atoms with van der Waals surface area (Å²) in [5.41, 5.74) is 2.88. The number of benzene rings is 1. The van der Waals surface area contributed by atoms with Crippen molar-refractivity contribution in [3.63, 3.8) is 0 Å². The summed E-state index contributed by atoms with van der Waals surface area (Å²) in [6.07, 6.45) is 0. The number of hydrogen-bond donors (Lipinski definition) is 0. The molecule has 0 aliphatic carbocycles. The zero-order valence-electron chi connectivity index (χ0n) is 12.1. The lowest BCUT2D eigenvalue weighted by molar-refractivity contribution is -0.131. The Balaban J connectivity index is 1.87. The van der Waals surface area contributed by atoms with Crippen LogP contribution < -0.4 is 4.74 Å². The van der Waals surface area contributed by atoms with Crippen molar-refractivity contribution in [2.24, 2.45) is 0 Å². The van der Waals surface area contributed by atoms with Gasteiger partial charge >= 0.3 is 5.97 Å². The van der Waals surface area contributed by atoms with Crippen molar-refractivity contribution in [1.82, 2.24) is 5.16 Å². The van der Waals surface area contributed by atoms with Gasteiger partial charge in [0.2, 0.25) is 0 Å². The minimum Gasteiger partial charge on any atom is -0.424 e. The summed E-state index contributed by atoms with van der Waals surface area (Å²) < 4.78 is 10.4. The maximum Gasteiger partial charge on any atom is 0.321 e. The highest BCUT2D eigenvalue weighted by atomic mass is 35.5. The molecular weight excluding hydrogens is 310 g/mol. The van der Waals surface area contributed by atoms with E-state index in [0.29, 0.717) is 16.5 Å². The van der Waals surface area contributed by atoms with Gasteiger partial charge < -0.3 is 9.26 Å². The second kappa shape index (κ2) is 7.00. The molecule has 0 spiro atoms. The van der Waals surface area contributed by atoms with Gasteiger partial charge in [0.15, 0.2) is 0 Å². The molecule has 0 bridgehead atoms. The van der Waals surface area contributed by atoms with Crippen LogP contribution in [0.1, 0.15) is 22.6 Å². The van der Waals surface area contributed by atoms with Crippen molar-refractivity contribution in [2.45, 2.75) is 26.5 Å². The van der Waals surface area contributed by atoms with Crippen LogP contribution in [0.2, 0.25) is 5.02 Å². The van der Waals surface area contributed by atoms with Crippen LogP contribution >= 0.6 is 23.4 Å². The second-order valence-electron chi connectivity index (χ2n) is 4.70. The van der Waals surface area contributed by atoms with E-state index >= 15 is 0 Å². The van der Waals surface area contributed by atoms with Crippen LogP contribution in [-0.4, -0.2) is 16.9 Å². The predicted octanol–water partition coefficient (Wildman–Crippen LogP) is 4.09. The van der Waals surface area contributed by atoms with Crippen molar-refractivity contribution in [2.75, 3.05) is 5.75 Å². The number of aryl methyl sites for hydroxylation is 3. The van der Waals surface area contributed by atoms with Gasteiger partial charge in [-0.1, -0.05) is 22.8 Å². The molecule has 0 saturated carbocycles. The van der Waals surface area contributed by atoms with Crippen molar-refractivity contribution in [1.29, 1.82) is 0 Å². The Kier molecular flexibility index (Phi) is 5.31. The van der Waals surface area contributed by atoms with Crippen LogP contribution in [0.25, 0.3) is 0 Å². The summed E-state index contributed by atoms with van der Waals surface area (Å²) in [5, 5.41) is 4.32. The van der Waals surface area contributed by atoms with Gasteiger partial charge in [-0.15, -0.1) is 11.8 Å². The first-order valence-corrected chi connectivity index (χ1v) is 7.97. The van der Waals surface area contributed by atoms with Crippen LogP contribution in [0.15, 0.2) is 22.7 Å². The minimum atomic E-state index is -0.320. The van der Waals surface area contributed by atoms with E-state index in [0.717, 1.165) is 22.6 Å². The van der Waals surface area contributed by atoms with Gasteiger partial charge in [-0.25, -0.2) is 0 Å². The molecule has 2 rings (SSSR count). The Bertz CT molecular complexity index is 635. The number of nitrogens with zero attached hydrogens (tertiary/aromatic N) is 1. The molecule has 0 aliphatic heterocycles. The number of halogens is 1. The number of esters is 1. The third-order valence-corrected chi connectivity index (χ3v) is 4.20. The maximum atomic E-state index is 11.8. The molecular formula is C15H16ClNO3S. The molecule has 0 aliphatic rings. The first kappa shape index (κ1) is 15.9. The summed E-state index contributed by atoms with van der Waals surface area (Å²) in [6.45, 7) is 5.66. The number of aromatic nitrogens is 1. The van der Waals surface area contributed by atoms with E-state index in [9.17, 15) is 4.79 Å². The second-order valence-corrected chi connectivity index (χ2v) is 6.10. The molecule has 112 valence electrons. The van der Waals surface area contributed by atoms with Crippen LogP contribution in [0.4, 0.5) is 0 Å². The fraction of sp³-hybridized carbons (Fsp3) is 0.333. The van der Waals surface area contributed by atoms with Crippen LogP contribution in [0, 0.1) is 20.8 Å². The average Bonchev–Trinajstić information content (AvgIpc) is 2.74. The Hall–Kier alpha value is -1.46. The lowest BCUT2D eigenvalue weighted by Crippen LogP contribution is -2.11. The fourth-order valence-corrected chi connectivity index (χ4v) is 2.89. The zero-order valence-corrected chi connectivity index (χ0v) is 13.7. The summed E-state index contributed by atoms with van der Waals surface area (Å²) in [7, 11) is 0. The molecule has 0 fully saturated rings. The van der Waals surface area contributed by atoms with Crippen molar-refractivity contribution >= 4 is 29.3 Å². The highest BCUT2D eigenvalue weighted by molar-refractivity contribution is 7.99. The monoisotopic (exact) mass is 325 g/mol. The predicted molar refractivity (Wildman–Crippen MR) is 84.0 cm³/mol. The molecule has 0 saturated heterocycles. The van der Waals surface area contributed by atoms with E-state index < -0.39 is 0 Å². The van der Waals surface area contributed by atoms with Gasteiger partial charge in [0, 0.05) is 11.3 Å². The van der Waals surface area contributed by atoms with E-state index in [1.807, 2.05) is 26.8 Å². The van der Waals surface area contributed by atoms with Crippen molar-refractivity contribution < 1.29 is 14.1 Å². The van der Waals surface area contributed by atoms with E-state index in [4.69, 9.17) is 20.9 Å². The van der Waals surface area contributed by atoms with Crippen molar-refractivity contribution in [3.05, 3.63) is 45.8 Å². The van der Waals surface area contributed by atoms with Gasteiger partial charge in [-0.3, -0.25) is 4.79 Å². The number of carbonyl (C=O) groups is 1. The molecule has 6 heteroatoms. The van der Waals surface area contributed by atoms with E-state index in [1.165, 1.54) is 11.8 Å². The third-order valence-electron chi connectivity index (χ3n) is 2.96. The summed E-state index contributed by atoms with van der Waals surface area (Å²) in [6, 6.07) is 5.33. The number of thioether (sulfide) groups is 1. The Morgan fingerprint density at radius 1 is 1.38 bits per heavy atom. The maximum absolute atomic E-state index is 11.8. The molecule has 0 atom stereocenters. The van der Waals surface area contributed by atoms with Gasteiger partial charge in [-0.2, -0.15) is 0 Å². The minimum absolute atomic E-state index is 0.244. The van der Waals surface area contributed by atoms with Crippen LogP contribution in [0.3, 0.4) is 0 Å². The SMILES string of the molecule is Cc1ccc(Cl)c(OC(=O)CSCc2c(C)noc2C)c1. The number of carbonyl (C=O) groups excluding carboxylic acids is 1. The quantitative estimate of drug-likeness (QED) is 0.612. The number of rotatable bonds is 5. The smallest absolute Gasteiger partial charge is 0.321 e. The van der Waals surface area contributed by atoms with Gasteiger partial charge in [0.25, 0.3) is 0 Å². The zero-order chi connectivity index (χ0) is 15.4. The Morgan fingerprint density at radius 2 is 2.14 bits per heavy atom. The summed E-state index contributed by atoms with van der Waals surface area (Å²) in [4.78, 5) is 11.8. The molecule has 1 aromatic heterocycles. The van der Waals surface area contributed by atoms with Gasteiger partial charge in [-0.05, 0) is 38.5 Å². The Morgan fingerprint density at radius 3 is 2.81 bits per heavy atom. The molecule has 0 N–H and O–H groups in total. The molecule has 4 nitrogen and oxygen atoms in total. The Labute approximate surface area is 132 Å². The number of hydrogen-bond acceptors (Lipinski definition) is 5. The molecule has 21 heavy (non-hydrogen) atoms. The highest BCUT2D eigenvalue weighted by Crippen LogP contribution is 2.26. The van der Waals surface area contributed by atoms with E-state index in [-0.39, 0.29) is 11.7 Å². The normalized spacial score (nSPS) is 10.7. The van der Waals surface area contributed by atoms with Gasteiger partial charge in [0.1, 0.15) is 11.5 Å². The largest absolute Gasteiger partial charge is 0.424 e. The first-order valence-electron chi connectivity index (χ1n) is 6.43. The van der Waals surface area contributed by atoms with Crippen molar-refractivity contribution in [3.8, 4) is 5.75 Å². The molecule has 0 amide bonds. The topological polar surface area (TPSA) is 52.3 Å². The molecule has 2 aromatic rings. The van der Waals surface area contributed by atoms with Crippen LogP contribution in [-0.2, 0) is 10.5 Å². The first-order chi connectivity index (χ1) is 9.97. The van der Waals surface area contributed by atoms with E-state index in [1.54, 1.807) is 12.1 Å². The lowest BCUT2D eigenvalue weighted by atomic mass is 10.2. The van der Waals surface area contributed by atoms with Gasteiger partial charge in [0.05, 0.1) is 16.5 Å².